The number of nitrogens with zero attached hydrogens (tertiary/aromatic N) is 1. The van der Waals surface area contributed by atoms with Gasteiger partial charge in [0.1, 0.15) is 17.7 Å². The first-order chi connectivity index (χ1) is 21.6. The normalized spacial score (nSPS) is 29.9. The van der Waals surface area contributed by atoms with E-state index in [0.29, 0.717) is 16.9 Å². The van der Waals surface area contributed by atoms with E-state index < -0.39 is 35.7 Å². The number of hydrogen-bond donors (Lipinski definition) is 3. The largest absolute Gasteiger partial charge is 0.480 e. The Hall–Kier alpha value is -3.56. The third kappa shape index (κ3) is 6.04. The lowest BCUT2D eigenvalue weighted by Gasteiger charge is -2.53. The lowest BCUT2D eigenvalue weighted by Crippen LogP contribution is -2.61. The van der Waals surface area contributed by atoms with Crippen LogP contribution in [-0.4, -0.2) is 63.3 Å². The highest BCUT2D eigenvalue weighted by Gasteiger charge is 2.51. The first kappa shape index (κ1) is 30.1. The number of aromatic nitrogens is 1. The maximum atomic E-state index is 14.5. The summed E-state index contributed by atoms with van der Waals surface area (Å²) in [6, 6.07) is 14.0. The average molecular weight is 634 g/mol. The molecular weight excluding hydrogens is 594 g/mol. The number of carboxylic acid groups (broad SMARTS) is 1. The van der Waals surface area contributed by atoms with Gasteiger partial charge in [0, 0.05) is 41.5 Å². The Labute approximate surface area is 267 Å². The van der Waals surface area contributed by atoms with Gasteiger partial charge in [-0.05, 0) is 92.0 Å². The number of likely N-dealkylation sites (tertiary alicyclic amines) is 1. The maximum Gasteiger partial charge on any atom is 0.408 e. The van der Waals surface area contributed by atoms with E-state index in [1.807, 2.05) is 42.6 Å². The van der Waals surface area contributed by atoms with Gasteiger partial charge in [0.25, 0.3) is 0 Å². The molecule has 2 aromatic carbocycles. The number of ether oxygens (including phenoxy) is 2. The number of halogens is 1. The van der Waals surface area contributed by atoms with Crippen molar-refractivity contribution in [2.75, 3.05) is 6.54 Å². The highest BCUT2D eigenvalue weighted by Crippen LogP contribution is 2.54. The molecule has 0 radical (unpaired) electrons. The fourth-order valence-corrected chi connectivity index (χ4v) is 9.03. The van der Waals surface area contributed by atoms with Gasteiger partial charge in [-0.3, -0.25) is 4.79 Å². The summed E-state index contributed by atoms with van der Waals surface area (Å²) in [7, 11) is 0. The van der Waals surface area contributed by atoms with Crippen LogP contribution in [0.5, 0.6) is 0 Å². The highest BCUT2D eigenvalue weighted by atomic mass is 35.5. The Balaban J connectivity index is 1.12. The molecule has 45 heavy (non-hydrogen) atoms. The van der Waals surface area contributed by atoms with E-state index in [0.717, 1.165) is 59.5 Å². The molecule has 10 heteroatoms. The molecule has 5 aliphatic rings. The van der Waals surface area contributed by atoms with Crippen LogP contribution in [0.2, 0.25) is 5.02 Å². The molecule has 0 unspecified atom stereocenters. The Morgan fingerprint density at radius 2 is 1.76 bits per heavy atom. The zero-order chi connectivity index (χ0) is 31.3. The molecule has 1 saturated heterocycles. The molecular formula is C35H40ClN3O6. The van der Waals surface area contributed by atoms with Crippen molar-refractivity contribution in [3.05, 3.63) is 70.9 Å². The number of nitrogens with one attached hydrogen (secondary N) is 2. The molecule has 238 valence electrons. The standard InChI is InChI=1S/C35H40ClN3O6/c1-35(16-25-17-37-29-8-3-2-7-28(25)29,38-34(43)45-31-23-10-21-9-22(12-23)13-24(31)11-21)33(42)39-18-27(15-30(39)32(40)41)44-19-20-5-4-6-26(36)14-20/h2-8,14,17,21-24,27,30-31,37H,9-13,15-16,18-19H2,1H3,(H,38,43)(H,40,41)/t21?,22?,23?,24?,27-,30-,31?,35-/m1/s1. The number of carbonyl (C=O) groups excluding carboxylic acids is 2. The van der Waals surface area contributed by atoms with Crippen LogP contribution >= 0.6 is 11.6 Å². The lowest BCUT2D eigenvalue weighted by molar-refractivity contribution is -0.151. The summed E-state index contributed by atoms with van der Waals surface area (Å²) in [5.74, 6) is 0.631. The number of aliphatic carboxylic acids is 1. The number of para-hydroxylation sites is 1. The number of fused-ring (bicyclic) bond motifs is 1. The summed E-state index contributed by atoms with van der Waals surface area (Å²) in [4.78, 5) is 45.2. The van der Waals surface area contributed by atoms with E-state index in [2.05, 4.69) is 10.3 Å². The first-order valence-corrected chi connectivity index (χ1v) is 16.5. The van der Waals surface area contributed by atoms with Gasteiger partial charge in [0.15, 0.2) is 0 Å². The van der Waals surface area contributed by atoms with Gasteiger partial charge in [-0.25, -0.2) is 9.59 Å². The Morgan fingerprint density at radius 3 is 2.47 bits per heavy atom. The summed E-state index contributed by atoms with van der Waals surface area (Å²) >= 11 is 6.12. The molecule has 5 fully saturated rings. The molecule has 4 saturated carbocycles. The minimum Gasteiger partial charge on any atom is -0.480 e. The molecule has 3 atom stereocenters. The maximum absolute atomic E-state index is 14.5. The van der Waals surface area contributed by atoms with E-state index in [4.69, 9.17) is 21.1 Å². The number of benzene rings is 2. The summed E-state index contributed by atoms with van der Waals surface area (Å²) in [5.41, 5.74) is 1.15. The summed E-state index contributed by atoms with van der Waals surface area (Å²) in [6.45, 7) is 2.00. The zero-order valence-corrected chi connectivity index (χ0v) is 26.2. The van der Waals surface area contributed by atoms with Crippen molar-refractivity contribution in [2.45, 2.75) is 82.3 Å². The number of H-pyrrole nitrogens is 1. The fraction of sp³-hybridized carbons (Fsp3) is 0.514. The van der Waals surface area contributed by atoms with E-state index in [1.54, 1.807) is 19.1 Å². The molecule has 8 rings (SSSR count). The van der Waals surface area contributed by atoms with Gasteiger partial charge in [0.05, 0.1) is 12.7 Å². The van der Waals surface area contributed by atoms with Crippen LogP contribution in [-0.2, 0) is 32.1 Å². The molecule has 0 spiro atoms. The van der Waals surface area contributed by atoms with E-state index >= 15 is 0 Å². The topological polar surface area (TPSA) is 121 Å². The SMILES string of the molecule is C[C@](Cc1c[nH]c2ccccc12)(NC(=O)OC1C2CC3CC(C2)CC1C3)C(=O)N1C[C@H](OCc2cccc(Cl)c2)C[C@@H]1C(=O)O. The van der Waals surface area contributed by atoms with Crippen molar-refractivity contribution in [1.82, 2.24) is 15.2 Å². The van der Waals surface area contributed by atoms with Crippen molar-refractivity contribution in [3.8, 4) is 0 Å². The molecule has 2 amide bonds. The average Bonchev–Trinajstić information content (AvgIpc) is 3.62. The van der Waals surface area contributed by atoms with Crippen LogP contribution in [0.25, 0.3) is 10.9 Å². The number of alkyl carbamates (subject to hydrolysis) is 1. The third-order valence-electron chi connectivity index (χ3n) is 10.6. The van der Waals surface area contributed by atoms with E-state index in [9.17, 15) is 19.5 Å². The minimum atomic E-state index is -1.47. The Bertz CT molecular complexity index is 1580. The second-order valence-electron chi connectivity index (χ2n) is 13.9. The van der Waals surface area contributed by atoms with Crippen molar-refractivity contribution < 1.29 is 29.0 Å². The second-order valence-corrected chi connectivity index (χ2v) is 14.3. The predicted molar refractivity (Wildman–Crippen MR) is 169 cm³/mol. The number of hydrogen-bond acceptors (Lipinski definition) is 5. The fourth-order valence-electron chi connectivity index (χ4n) is 8.81. The van der Waals surface area contributed by atoms with Crippen LogP contribution < -0.4 is 5.32 Å². The number of amides is 2. The van der Waals surface area contributed by atoms with E-state index in [-0.39, 0.29) is 32.1 Å². The summed E-state index contributed by atoms with van der Waals surface area (Å²) < 4.78 is 12.2. The number of aromatic amines is 1. The number of carboxylic acids is 1. The van der Waals surface area contributed by atoms with Crippen molar-refractivity contribution in [2.24, 2.45) is 23.7 Å². The van der Waals surface area contributed by atoms with Crippen LogP contribution in [0, 0.1) is 23.7 Å². The molecule has 4 bridgehead atoms. The van der Waals surface area contributed by atoms with Crippen LogP contribution in [0.4, 0.5) is 4.79 Å². The van der Waals surface area contributed by atoms with Gasteiger partial charge in [0.2, 0.25) is 5.91 Å². The highest BCUT2D eigenvalue weighted by molar-refractivity contribution is 6.30. The summed E-state index contributed by atoms with van der Waals surface area (Å²) in [5, 5.41) is 14.6. The van der Waals surface area contributed by atoms with Crippen molar-refractivity contribution >= 4 is 40.5 Å². The van der Waals surface area contributed by atoms with Crippen LogP contribution in [0.1, 0.15) is 56.6 Å². The molecule has 3 N–H and O–H groups in total. The number of carbonyl (C=O) groups is 3. The van der Waals surface area contributed by atoms with Crippen molar-refractivity contribution in [3.63, 3.8) is 0 Å². The van der Waals surface area contributed by atoms with Crippen molar-refractivity contribution in [1.29, 1.82) is 0 Å². The molecule has 2 heterocycles. The van der Waals surface area contributed by atoms with Gasteiger partial charge in [-0.15, -0.1) is 0 Å². The molecule has 3 aromatic rings. The quantitative estimate of drug-likeness (QED) is 0.268. The van der Waals surface area contributed by atoms with E-state index in [1.165, 1.54) is 11.3 Å². The molecule has 1 aliphatic heterocycles. The molecule has 4 aliphatic carbocycles. The third-order valence-corrected chi connectivity index (χ3v) is 10.9. The van der Waals surface area contributed by atoms with Gasteiger partial charge < -0.3 is 29.8 Å². The monoisotopic (exact) mass is 633 g/mol. The van der Waals surface area contributed by atoms with Gasteiger partial charge in [-0.1, -0.05) is 41.9 Å². The lowest BCUT2D eigenvalue weighted by atomic mass is 9.55. The second kappa shape index (κ2) is 12.0. The Morgan fingerprint density at radius 1 is 1.02 bits per heavy atom. The van der Waals surface area contributed by atoms with Crippen LogP contribution in [0.15, 0.2) is 54.7 Å². The first-order valence-electron chi connectivity index (χ1n) is 16.1. The minimum absolute atomic E-state index is 0.0894. The zero-order valence-electron chi connectivity index (χ0n) is 25.4. The predicted octanol–water partition coefficient (Wildman–Crippen LogP) is 5.94. The smallest absolute Gasteiger partial charge is 0.408 e. The number of rotatable bonds is 9. The Kier molecular flexibility index (Phi) is 8.02. The van der Waals surface area contributed by atoms with Gasteiger partial charge in [-0.2, -0.15) is 0 Å². The molecule has 9 nitrogen and oxygen atoms in total. The summed E-state index contributed by atoms with van der Waals surface area (Å²) in [6.07, 6.45) is 6.57. The molecule has 1 aromatic heterocycles. The van der Waals surface area contributed by atoms with Crippen LogP contribution in [0.3, 0.4) is 0 Å². The van der Waals surface area contributed by atoms with Gasteiger partial charge >= 0.3 is 12.1 Å².